The van der Waals surface area contributed by atoms with E-state index < -0.39 is 0 Å². The van der Waals surface area contributed by atoms with E-state index in [1.807, 2.05) is 6.92 Å². The maximum absolute atomic E-state index is 9.16. The molecule has 1 aliphatic rings. The number of nitrogens with one attached hydrogen (secondary N) is 1. The molecule has 14 heavy (non-hydrogen) atoms. The molecule has 0 amide bonds. The van der Waals surface area contributed by atoms with Gasteiger partial charge in [0.15, 0.2) is 0 Å². The Morgan fingerprint density at radius 3 is 2.43 bits per heavy atom. The third-order valence-electron chi connectivity index (χ3n) is 3.25. The highest BCUT2D eigenvalue weighted by molar-refractivity contribution is 4.77. The molecule has 0 aromatic rings. The number of hydrogen-bond acceptors (Lipinski definition) is 2. The minimum atomic E-state index is -0.205. The van der Waals surface area contributed by atoms with Crippen molar-refractivity contribution >= 4 is 0 Å². The van der Waals surface area contributed by atoms with Crippen molar-refractivity contribution in [3.05, 3.63) is 0 Å². The second-order valence-electron chi connectivity index (χ2n) is 4.76. The van der Waals surface area contributed by atoms with E-state index in [0.717, 1.165) is 12.5 Å². The molecule has 1 aliphatic carbocycles. The number of aliphatic hydroxyl groups is 1. The number of aliphatic hydroxyl groups excluding tert-OH is 1. The lowest BCUT2D eigenvalue weighted by Gasteiger charge is -2.29. The average molecular weight is 199 g/mol. The van der Waals surface area contributed by atoms with Gasteiger partial charge in [-0.15, -0.1) is 0 Å². The van der Waals surface area contributed by atoms with Crippen LogP contribution in [0.2, 0.25) is 0 Å². The van der Waals surface area contributed by atoms with Gasteiger partial charge in [-0.2, -0.15) is 0 Å². The molecular formula is C12H25NO. The molecular weight excluding hydrogens is 174 g/mol. The molecule has 0 radical (unpaired) electrons. The highest BCUT2D eigenvalue weighted by Gasteiger charge is 2.19. The first-order chi connectivity index (χ1) is 6.72. The number of hydrogen-bond donors (Lipinski definition) is 2. The van der Waals surface area contributed by atoms with Crippen LogP contribution in [0.1, 0.15) is 52.4 Å². The summed E-state index contributed by atoms with van der Waals surface area (Å²) in [6.45, 7) is 4.87. The van der Waals surface area contributed by atoms with Gasteiger partial charge >= 0.3 is 0 Å². The van der Waals surface area contributed by atoms with Crippen LogP contribution < -0.4 is 5.32 Å². The van der Waals surface area contributed by atoms with Crippen molar-refractivity contribution in [2.75, 3.05) is 6.54 Å². The summed E-state index contributed by atoms with van der Waals surface area (Å²) in [7, 11) is 0. The highest BCUT2D eigenvalue weighted by atomic mass is 16.3. The van der Waals surface area contributed by atoms with Gasteiger partial charge in [0.1, 0.15) is 0 Å². The lowest BCUT2D eigenvalue weighted by molar-refractivity contribution is 0.176. The fourth-order valence-electron chi connectivity index (χ4n) is 2.40. The van der Waals surface area contributed by atoms with Crippen molar-refractivity contribution in [3.63, 3.8) is 0 Å². The molecule has 0 spiro atoms. The molecule has 1 atom stereocenters. The lowest BCUT2D eigenvalue weighted by Crippen LogP contribution is -2.37. The topological polar surface area (TPSA) is 32.3 Å². The van der Waals surface area contributed by atoms with Crippen LogP contribution in [0.25, 0.3) is 0 Å². The molecule has 2 nitrogen and oxygen atoms in total. The van der Waals surface area contributed by atoms with Crippen LogP contribution in [0.4, 0.5) is 0 Å². The van der Waals surface area contributed by atoms with Crippen LogP contribution in [0.15, 0.2) is 0 Å². The maximum Gasteiger partial charge on any atom is 0.0636 e. The molecule has 0 heterocycles. The van der Waals surface area contributed by atoms with Crippen LogP contribution in [-0.2, 0) is 0 Å². The summed E-state index contributed by atoms with van der Waals surface area (Å²) in [5.41, 5.74) is 0. The van der Waals surface area contributed by atoms with Gasteiger partial charge in [-0.05, 0) is 38.5 Å². The predicted molar refractivity (Wildman–Crippen MR) is 60.3 cm³/mol. The third-order valence-corrected chi connectivity index (χ3v) is 3.25. The van der Waals surface area contributed by atoms with E-state index in [-0.39, 0.29) is 6.10 Å². The summed E-state index contributed by atoms with van der Waals surface area (Å²) < 4.78 is 0. The van der Waals surface area contributed by atoms with Crippen LogP contribution >= 0.6 is 0 Å². The molecule has 0 aliphatic heterocycles. The summed E-state index contributed by atoms with van der Waals surface area (Å²) in [4.78, 5) is 0. The van der Waals surface area contributed by atoms with E-state index in [9.17, 15) is 0 Å². The quantitative estimate of drug-likeness (QED) is 0.712. The van der Waals surface area contributed by atoms with E-state index in [0.29, 0.717) is 6.04 Å². The molecule has 1 fully saturated rings. The summed E-state index contributed by atoms with van der Waals surface area (Å²) in [5, 5.41) is 12.6. The van der Waals surface area contributed by atoms with Crippen molar-refractivity contribution in [3.8, 4) is 0 Å². The van der Waals surface area contributed by atoms with Gasteiger partial charge in [0.2, 0.25) is 0 Å². The van der Waals surface area contributed by atoms with E-state index >= 15 is 0 Å². The van der Waals surface area contributed by atoms with Gasteiger partial charge in [-0.25, -0.2) is 0 Å². The predicted octanol–water partition coefficient (Wildman–Crippen LogP) is 2.32. The Labute approximate surface area is 88.1 Å². The van der Waals surface area contributed by atoms with Crippen molar-refractivity contribution in [1.82, 2.24) is 5.32 Å². The molecule has 0 aromatic carbocycles. The average Bonchev–Trinajstić information content (AvgIpc) is 2.17. The first-order valence-electron chi connectivity index (χ1n) is 6.13. The molecule has 0 unspecified atom stereocenters. The monoisotopic (exact) mass is 199 g/mol. The van der Waals surface area contributed by atoms with Crippen LogP contribution in [0, 0.1) is 5.92 Å². The van der Waals surface area contributed by atoms with Gasteiger partial charge in [0.25, 0.3) is 0 Å². The number of rotatable bonds is 5. The Kier molecular flexibility index (Phi) is 5.49. The molecule has 2 heteroatoms. The van der Waals surface area contributed by atoms with E-state index in [1.54, 1.807) is 0 Å². The molecule has 0 saturated heterocycles. The Hall–Kier alpha value is -0.0800. The molecule has 0 bridgehead atoms. The van der Waals surface area contributed by atoms with Crippen molar-refractivity contribution in [2.45, 2.75) is 64.5 Å². The third kappa shape index (κ3) is 4.43. The van der Waals surface area contributed by atoms with Gasteiger partial charge in [0, 0.05) is 12.6 Å². The fraction of sp³-hybridized carbons (Fsp3) is 1.00. The van der Waals surface area contributed by atoms with Crippen LogP contribution in [0.3, 0.4) is 0 Å². The summed E-state index contributed by atoms with van der Waals surface area (Å²) >= 11 is 0. The minimum Gasteiger partial charge on any atom is -0.392 e. The fourth-order valence-corrected chi connectivity index (χ4v) is 2.40. The largest absolute Gasteiger partial charge is 0.392 e. The van der Waals surface area contributed by atoms with Gasteiger partial charge in [-0.1, -0.05) is 19.8 Å². The van der Waals surface area contributed by atoms with E-state index in [2.05, 4.69) is 12.2 Å². The smallest absolute Gasteiger partial charge is 0.0636 e. The summed E-state index contributed by atoms with van der Waals surface area (Å²) in [6.07, 6.45) is 7.90. The molecule has 84 valence electrons. The van der Waals surface area contributed by atoms with Crippen molar-refractivity contribution in [2.24, 2.45) is 5.92 Å². The van der Waals surface area contributed by atoms with E-state index in [1.165, 1.54) is 38.5 Å². The first-order valence-corrected chi connectivity index (χ1v) is 6.13. The molecule has 1 saturated carbocycles. The normalized spacial score (nSPS) is 30.2. The zero-order valence-electron chi connectivity index (χ0n) is 9.63. The van der Waals surface area contributed by atoms with Crippen molar-refractivity contribution < 1.29 is 5.11 Å². The summed E-state index contributed by atoms with van der Waals surface area (Å²) in [6, 6.07) is 0.665. The Bertz CT molecular complexity index is 139. The minimum absolute atomic E-state index is 0.205. The second-order valence-corrected chi connectivity index (χ2v) is 4.76. The molecule has 2 N–H and O–H groups in total. The van der Waals surface area contributed by atoms with Crippen molar-refractivity contribution in [1.29, 1.82) is 0 Å². The first kappa shape index (κ1) is 12.0. The van der Waals surface area contributed by atoms with Gasteiger partial charge in [-0.3, -0.25) is 0 Å². The zero-order chi connectivity index (χ0) is 10.4. The molecule has 1 rings (SSSR count). The maximum atomic E-state index is 9.16. The summed E-state index contributed by atoms with van der Waals surface area (Å²) in [5.74, 6) is 0.976. The van der Waals surface area contributed by atoms with Gasteiger partial charge in [0.05, 0.1) is 6.10 Å². The Morgan fingerprint density at radius 2 is 1.93 bits per heavy atom. The van der Waals surface area contributed by atoms with E-state index in [4.69, 9.17) is 5.11 Å². The molecule has 0 aromatic heterocycles. The van der Waals surface area contributed by atoms with Gasteiger partial charge < -0.3 is 10.4 Å². The van der Waals surface area contributed by atoms with Crippen LogP contribution in [0.5, 0.6) is 0 Å². The zero-order valence-corrected chi connectivity index (χ0v) is 9.63. The lowest BCUT2D eigenvalue weighted by atomic mass is 9.83. The second kappa shape index (κ2) is 6.41. The standard InChI is InChI=1S/C12H25NO/c1-3-4-11-5-7-12(8-6-11)13-9-10(2)14/h10-14H,3-9H2,1-2H3/t10-,11?,12?/m0/s1. The highest BCUT2D eigenvalue weighted by Crippen LogP contribution is 2.27. The van der Waals surface area contributed by atoms with Crippen LogP contribution in [-0.4, -0.2) is 23.8 Å². The SMILES string of the molecule is CCCC1CCC(NC[C@H](C)O)CC1. The Morgan fingerprint density at radius 1 is 1.29 bits per heavy atom. The Balaban J connectivity index is 2.09.